The topological polar surface area (TPSA) is 93.1 Å². The molecule has 232 valence electrons. The SMILES string of the molecule is COc1cc(C)ccc1C1=NC2=NC(N(c3ccccc3)c3ccccc3)=NC3=NC(N(c4ccccc4)c4ccccc4)=NC(=N1)N23. The van der Waals surface area contributed by atoms with Crippen molar-refractivity contribution in [1.82, 2.24) is 4.90 Å². The molecule has 0 bridgehead atoms. The van der Waals surface area contributed by atoms with Gasteiger partial charge in [-0.2, -0.15) is 30.0 Å². The number of amidine groups is 1. The van der Waals surface area contributed by atoms with Crippen LogP contribution in [0.4, 0.5) is 22.7 Å². The van der Waals surface area contributed by atoms with Crippen molar-refractivity contribution in [2.45, 2.75) is 6.92 Å². The van der Waals surface area contributed by atoms with Crippen LogP contribution in [0.15, 0.2) is 169 Å². The second kappa shape index (κ2) is 12.3. The van der Waals surface area contributed by atoms with Gasteiger partial charge in [-0.15, -0.1) is 0 Å². The first-order chi connectivity index (χ1) is 23.7. The van der Waals surface area contributed by atoms with E-state index in [1.54, 1.807) is 12.0 Å². The van der Waals surface area contributed by atoms with E-state index in [1.165, 1.54) is 0 Å². The molecule has 0 aromatic heterocycles. The third kappa shape index (κ3) is 5.31. The second-order valence-corrected chi connectivity index (χ2v) is 11.0. The van der Waals surface area contributed by atoms with Crippen molar-refractivity contribution in [3.8, 4) is 5.75 Å². The van der Waals surface area contributed by atoms with Crippen molar-refractivity contribution < 1.29 is 4.74 Å². The summed E-state index contributed by atoms with van der Waals surface area (Å²) in [7, 11) is 1.64. The van der Waals surface area contributed by atoms with Gasteiger partial charge >= 0.3 is 0 Å². The fraction of sp³-hybridized carbons (Fsp3) is 0.0526. The summed E-state index contributed by atoms with van der Waals surface area (Å²) < 4.78 is 5.77. The Morgan fingerprint density at radius 3 is 1.33 bits per heavy atom. The first-order valence-electron chi connectivity index (χ1n) is 15.4. The van der Waals surface area contributed by atoms with Gasteiger partial charge < -0.3 is 4.74 Å². The van der Waals surface area contributed by atoms with Crippen molar-refractivity contribution in [3.63, 3.8) is 0 Å². The maximum Gasteiger partial charge on any atom is 0.246 e. The first kappa shape index (κ1) is 28.8. The minimum atomic E-state index is 0.339. The van der Waals surface area contributed by atoms with Gasteiger partial charge in [0.2, 0.25) is 29.8 Å². The molecule has 10 nitrogen and oxygen atoms in total. The number of rotatable bonds is 6. The third-order valence-electron chi connectivity index (χ3n) is 7.87. The summed E-state index contributed by atoms with van der Waals surface area (Å²) in [5.41, 5.74) is 5.31. The number of ether oxygens (including phenoxy) is 1. The lowest BCUT2D eigenvalue weighted by Crippen LogP contribution is -2.50. The predicted octanol–water partition coefficient (Wildman–Crippen LogP) is 7.55. The molecule has 3 aliphatic heterocycles. The fourth-order valence-electron chi connectivity index (χ4n) is 5.64. The maximum absolute atomic E-state index is 5.77. The minimum absolute atomic E-state index is 0.339. The summed E-state index contributed by atoms with van der Waals surface area (Å²) in [6, 6.07) is 45.9. The average molecular weight is 628 g/mol. The lowest BCUT2D eigenvalue weighted by atomic mass is 10.1. The number of anilines is 4. The van der Waals surface area contributed by atoms with E-state index in [0.717, 1.165) is 28.3 Å². The van der Waals surface area contributed by atoms with E-state index in [0.29, 0.717) is 46.9 Å². The summed E-state index contributed by atoms with van der Waals surface area (Å²) in [4.78, 5) is 35.7. The van der Waals surface area contributed by atoms with Crippen LogP contribution < -0.4 is 14.5 Å². The highest BCUT2D eigenvalue weighted by Gasteiger charge is 2.38. The summed E-state index contributed by atoms with van der Waals surface area (Å²) in [6.07, 6.45) is 0. The first-order valence-corrected chi connectivity index (χ1v) is 15.4. The smallest absolute Gasteiger partial charge is 0.246 e. The minimum Gasteiger partial charge on any atom is -0.496 e. The molecule has 0 atom stereocenters. The van der Waals surface area contributed by atoms with Crippen LogP contribution in [0.3, 0.4) is 0 Å². The molecule has 0 unspecified atom stereocenters. The zero-order valence-electron chi connectivity index (χ0n) is 26.2. The molecular formula is C38H29N9O. The van der Waals surface area contributed by atoms with Crippen LogP contribution in [0.25, 0.3) is 0 Å². The zero-order valence-corrected chi connectivity index (χ0v) is 26.2. The summed E-state index contributed by atoms with van der Waals surface area (Å²) in [5.74, 6) is 2.87. The van der Waals surface area contributed by atoms with Crippen molar-refractivity contribution in [3.05, 3.63) is 151 Å². The molecule has 0 saturated heterocycles. The summed E-state index contributed by atoms with van der Waals surface area (Å²) in [5, 5.41) is 0. The van der Waals surface area contributed by atoms with Crippen LogP contribution in [0.5, 0.6) is 5.75 Å². The van der Waals surface area contributed by atoms with E-state index >= 15 is 0 Å². The number of benzene rings is 5. The number of aliphatic imine (C=N–C) groups is 6. The molecule has 0 spiro atoms. The van der Waals surface area contributed by atoms with Crippen LogP contribution in [-0.2, 0) is 0 Å². The normalized spacial score (nSPS) is 14.8. The molecule has 0 N–H and O–H groups in total. The molecule has 5 aromatic carbocycles. The maximum atomic E-state index is 5.77. The molecule has 0 aliphatic carbocycles. The average Bonchev–Trinajstić information content (AvgIpc) is 3.13. The third-order valence-corrected chi connectivity index (χ3v) is 7.87. The van der Waals surface area contributed by atoms with Gasteiger partial charge in [0.1, 0.15) is 5.75 Å². The summed E-state index contributed by atoms with van der Waals surface area (Å²) in [6.45, 7) is 2.01. The van der Waals surface area contributed by atoms with Crippen molar-refractivity contribution in [2.75, 3.05) is 16.9 Å². The standard InChI is InChI=1S/C38H29N9O/c1-26-23-24-31(32(25-26)48-2)33-39-34-41-36(45(27-15-7-3-8-16-27)28-17-9-4-10-18-28)43-38-44-37(42-35(40-33)47(34)38)46(29-19-11-5-12-20-29)30-21-13-6-14-22-30/h3-25H,1-2H3. The van der Waals surface area contributed by atoms with E-state index in [2.05, 4.69) is 0 Å². The lowest BCUT2D eigenvalue weighted by Gasteiger charge is -2.34. The number of guanidine groups is 5. The van der Waals surface area contributed by atoms with Gasteiger partial charge in [-0.05, 0) is 73.2 Å². The van der Waals surface area contributed by atoms with Crippen LogP contribution >= 0.6 is 0 Å². The highest BCUT2D eigenvalue weighted by atomic mass is 16.5. The molecule has 0 saturated carbocycles. The molecule has 0 radical (unpaired) electrons. The fourth-order valence-corrected chi connectivity index (χ4v) is 5.64. The van der Waals surface area contributed by atoms with Gasteiger partial charge in [0.25, 0.3) is 0 Å². The Bertz CT molecular complexity index is 2010. The molecule has 0 amide bonds. The van der Waals surface area contributed by atoms with Gasteiger partial charge in [-0.25, -0.2) is 4.90 Å². The number of methoxy groups -OCH3 is 1. The van der Waals surface area contributed by atoms with E-state index in [4.69, 9.17) is 34.7 Å². The molecule has 5 aromatic rings. The second-order valence-electron chi connectivity index (χ2n) is 11.0. The Labute approximate surface area is 277 Å². The Morgan fingerprint density at radius 1 is 0.479 bits per heavy atom. The van der Waals surface area contributed by atoms with E-state index in [-0.39, 0.29) is 0 Å². The highest BCUT2D eigenvalue weighted by Crippen LogP contribution is 2.32. The Kier molecular flexibility index (Phi) is 7.35. The van der Waals surface area contributed by atoms with Crippen molar-refractivity contribution in [1.29, 1.82) is 0 Å². The van der Waals surface area contributed by atoms with Gasteiger partial charge in [0.05, 0.1) is 12.7 Å². The van der Waals surface area contributed by atoms with E-state index in [1.807, 2.05) is 156 Å². The molecule has 8 rings (SSSR count). The number of nitrogens with zero attached hydrogens (tertiary/aromatic N) is 9. The molecule has 10 heteroatoms. The van der Waals surface area contributed by atoms with Gasteiger partial charge in [-0.1, -0.05) is 78.9 Å². The number of para-hydroxylation sites is 4. The van der Waals surface area contributed by atoms with Gasteiger partial charge in [0, 0.05) is 22.7 Å². The molecule has 0 fully saturated rings. The largest absolute Gasteiger partial charge is 0.496 e. The van der Waals surface area contributed by atoms with Crippen LogP contribution in [-0.4, -0.2) is 47.6 Å². The quantitative estimate of drug-likeness (QED) is 0.194. The summed E-state index contributed by atoms with van der Waals surface area (Å²) >= 11 is 0. The highest BCUT2D eigenvalue weighted by molar-refractivity contribution is 6.34. The van der Waals surface area contributed by atoms with Crippen molar-refractivity contribution >= 4 is 58.4 Å². The number of hydrogen-bond acceptors (Lipinski definition) is 10. The lowest BCUT2D eigenvalue weighted by molar-refractivity contribution is 0.413. The molecule has 3 aliphatic rings. The van der Waals surface area contributed by atoms with E-state index < -0.39 is 0 Å². The van der Waals surface area contributed by atoms with Gasteiger partial charge in [-0.3, -0.25) is 9.80 Å². The van der Waals surface area contributed by atoms with Crippen LogP contribution in [0, 0.1) is 6.92 Å². The molecule has 3 heterocycles. The van der Waals surface area contributed by atoms with E-state index in [9.17, 15) is 0 Å². The molecule has 48 heavy (non-hydrogen) atoms. The number of hydrogen-bond donors (Lipinski definition) is 0. The Hall–Kier alpha value is -6.68. The van der Waals surface area contributed by atoms with Gasteiger partial charge in [0.15, 0.2) is 5.84 Å². The molecular weight excluding hydrogens is 598 g/mol. The monoisotopic (exact) mass is 627 g/mol. The Balaban J connectivity index is 1.36. The van der Waals surface area contributed by atoms with Crippen molar-refractivity contribution in [2.24, 2.45) is 30.0 Å². The van der Waals surface area contributed by atoms with Crippen LogP contribution in [0.2, 0.25) is 0 Å². The Morgan fingerprint density at radius 2 is 0.896 bits per heavy atom. The number of aryl methyl sites for hydroxylation is 1. The van der Waals surface area contributed by atoms with Crippen LogP contribution in [0.1, 0.15) is 11.1 Å². The zero-order chi connectivity index (χ0) is 32.5. The predicted molar refractivity (Wildman–Crippen MR) is 193 cm³/mol.